The largest absolute Gasteiger partial charge is 0.478 e. The molecular weight excluding hydrogens is 274 g/mol. The number of aromatic carboxylic acids is 1. The van der Waals surface area contributed by atoms with Crippen molar-refractivity contribution in [3.05, 3.63) is 35.4 Å². The second-order valence-electron chi connectivity index (χ2n) is 4.95. The van der Waals surface area contributed by atoms with Crippen LogP contribution in [0.2, 0.25) is 0 Å². The van der Waals surface area contributed by atoms with Crippen molar-refractivity contribution in [2.75, 3.05) is 0 Å². The van der Waals surface area contributed by atoms with Gasteiger partial charge in [-0.25, -0.2) is 9.59 Å². The Hall–Kier alpha value is -2.57. The minimum absolute atomic E-state index is 0.108. The third-order valence-electron chi connectivity index (χ3n) is 2.91. The highest BCUT2D eigenvalue weighted by Gasteiger charge is 2.21. The van der Waals surface area contributed by atoms with Gasteiger partial charge in [-0.05, 0) is 23.6 Å². The fourth-order valence-electron chi connectivity index (χ4n) is 1.71. The van der Waals surface area contributed by atoms with Gasteiger partial charge in [0.25, 0.3) is 0 Å². The second-order valence-corrected chi connectivity index (χ2v) is 4.95. The molecule has 7 nitrogen and oxygen atoms in total. The molecule has 114 valence electrons. The Bertz CT molecular complexity index is 526. The SMILES string of the molecule is CC(C)C(NC(=O)NCc1ccc(C(=O)O)cc1)C(N)=O. The van der Waals surface area contributed by atoms with Gasteiger partial charge >= 0.3 is 12.0 Å². The molecular formula is C14H19N3O4. The van der Waals surface area contributed by atoms with Crippen molar-refractivity contribution < 1.29 is 19.5 Å². The van der Waals surface area contributed by atoms with Gasteiger partial charge in [0.15, 0.2) is 0 Å². The van der Waals surface area contributed by atoms with Crippen LogP contribution in [-0.4, -0.2) is 29.1 Å². The van der Waals surface area contributed by atoms with Gasteiger partial charge in [0.2, 0.25) is 5.91 Å². The summed E-state index contributed by atoms with van der Waals surface area (Å²) in [5.74, 6) is -1.71. The number of hydrogen-bond donors (Lipinski definition) is 4. The van der Waals surface area contributed by atoms with Crippen LogP contribution in [0, 0.1) is 5.92 Å². The zero-order valence-electron chi connectivity index (χ0n) is 11.9. The van der Waals surface area contributed by atoms with Gasteiger partial charge in [0, 0.05) is 6.54 Å². The molecule has 0 bridgehead atoms. The Morgan fingerprint density at radius 1 is 1.19 bits per heavy atom. The molecule has 0 radical (unpaired) electrons. The number of nitrogens with one attached hydrogen (secondary N) is 2. The maximum atomic E-state index is 11.7. The van der Waals surface area contributed by atoms with Crippen LogP contribution in [0.15, 0.2) is 24.3 Å². The number of primary amides is 1. The molecule has 1 atom stereocenters. The molecule has 5 N–H and O–H groups in total. The van der Waals surface area contributed by atoms with Crippen LogP contribution in [0.3, 0.4) is 0 Å². The number of hydrogen-bond acceptors (Lipinski definition) is 3. The monoisotopic (exact) mass is 293 g/mol. The van der Waals surface area contributed by atoms with Gasteiger partial charge in [0.1, 0.15) is 6.04 Å². The second kappa shape index (κ2) is 7.28. The lowest BCUT2D eigenvalue weighted by Gasteiger charge is -2.19. The Kier molecular flexibility index (Phi) is 5.71. The number of rotatable bonds is 6. The van der Waals surface area contributed by atoms with E-state index in [1.165, 1.54) is 12.1 Å². The van der Waals surface area contributed by atoms with Crippen LogP contribution in [-0.2, 0) is 11.3 Å². The first-order valence-corrected chi connectivity index (χ1v) is 6.47. The Morgan fingerprint density at radius 3 is 2.19 bits per heavy atom. The minimum atomic E-state index is -1.01. The summed E-state index contributed by atoms with van der Waals surface area (Å²) in [6, 6.07) is 4.89. The smallest absolute Gasteiger partial charge is 0.335 e. The van der Waals surface area contributed by atoms with E-state index in [1.807, 2.05) is 0 Å². The Morgan fingerprint density at radius 2 is 1.76 bits per heavy atom. The predicted octanol–water partition coefficient (Wildman–Crippen LogP) is 0.694. The van der Waals surface area contributed by atoms with Crippen LogP contribution < -0.4 is 16.4 Å². The zero-order chi connectivity index (χ0) is 16.0. The van der Waals surface area contributed by atoms with E-state index < -0.39 is 23.9 Å². The summed E-state index contributed by atoms with van der Waals surface area (Å²) in [5, 5.41) is 13.9. The lowest BCUT2D eigenvalue weighted by atomic mass is 10.0. The molecule has 21 heavy (non-hydrogen) atoms. The number of urea groups is 1. The van der Waals surface area contributed by atoms with Gasteiger partial charge in [-0.2, -0.15) is 0 Å². The van der Waals surface area contributed by atoms with Gasteiger partial charge in [-0.3, -0.25) is 4.79 Å². The third-order valence-corrected chi connectivity index (χ3v) is 2.91. The topological polar surface area (TPSA) is 122 Å². The van der Waals surface area contributed by atoms with E-state index in [0.717, 1.165) is 5.56 Å². The van der Waals surface area contributed by atoms with E-state index in [0.29, 0.717) is 0 Å². The van der Waals surface area contributed by atoms with Crippen molar-refractivity contribution in [2.45, 2.75) is 26.4 Å². The fourth-order valence-corrected chi connectivity index (χ4v) is 1.71. The maximum absolute atomic E-state index is 11.7. The number of nitrogens with two attached hydrogens (primary N) is 1. The van der Waals surface area contributed by atoms with Crippen LogP contribution >= 0.6 is 0 Å². The van der Waals surface area contributed by atoms with E-state index in [9.17, 15) is 14.4 Å². The Labute approximate surface area is 122 Å². The van der Waals surface area contributed by atoms with Crippen molar-refractivity contribution in [1.82, 2.24) is 10.6 Å². The van der Waals surface area contributed by atoms with Gasteiger partial charge < -0.3 is 21.5 Å². The minimum Gasteiger partial charge on any atom is -0.478 e. The summed E-state index contributed by atoms with van der Waals surface area (Å²) >= 11 is 0. The molecule has 1 aromatic rings. The van der Waals surface area contributed by atoms with Crippen LogP contribution in [0.4, 0.5) is 4.79 Å². The summed E-state index contributed by atoms with van der Waals surface area (Å²) in [7, 11) is 0. The van der Waals surface area contributed by atoms with Crippen LogP contribution in [0.5, 0.6) is 0 Å². The number of amides is 3. The summed E-state index contributed by atoms with van der Waals surface area (Å²) in [5.41, 5.74) is 6.12. The van der Waals surface area contributed by atoms with Crippen LogP contribution in [0.25, 0.3) is 0 Å². The van der Waals surface area contributed by atoms with E-state index >= 15 is 0 Å². The molecule has 3 amide bonds. The highest BCUT2D eigenvalue weighted by Crippen LogP contribution is 2.04. The normalized spacial score (nSPS) is 11.8. The summed E-state index contributed by atoms with van der Waals surface area (Å²) in [6.45, 7) is 3.77. The number of carboxylic acid groups (broad SMARTS) is 1. The molecule has 0 spiro atoms. The van der Waals surface area contributed by atoms with Gasteiger partial charge in [-0.1, -0.05) is 26.0 Å². The lowest BCUT2D eigenvalue weighted by molar-refractivity contribution is -0.120. The molecule has 0 aliphatic heterocycles. The highest BCUT2D eigenvalue weighted by molar-refractivity contribution is 5.87. The van der Waals surface area contributed by atoms with E-state index in [4.69, 9.17) is 10.8 Å². The molecule has 0 aromatic heterocycles. The number of carbonyl (C=O) groups is 3. The molecule has 7 heteroatoms. The van der Waals surface area contributed by atoms with E-state index in [2.05, 4.69) is 10.6 Å². The molecule has 0 saturated heterocycles. The summed E-state index contributed by atoms with van der Waals surface area (Å²) < 4.78 is 0. The van der Waals surface area contributed by atoms with Crippen LogP contribution in [0.1, 0.15) is 29.8 Å². The highest BCUT2D eigenvalue weighted by atomic mass is 16.4. The number of benzene rings is 1. The average molecular weight is 293 g/mol. The first-order chi connectivity index (χ1) is 9.81. The quantitative estimate of drug-likeness (QED) is 0.616. The van der Waals surface area contributed by atoms with E-state index in [1.54, 1.807) is 26.0 Å². The first-order valence-electron chi connectivity index (χ1n) is 6.47. The zero-order valence-corrected chi connectivity index (χ0v) is 11.9. The molecule has 1 rings (SSSR count). The molecule has 0 aliphatic rings. The molecule has 0 fully saturated rings. The number of carbonyl (C=O) groups excluding carboxylic acids is 2. The lowest BCUT2D eigenvalue weighted by Crippen LogP contribution is -2.50. The van der Waals surface area contributed by atoms with Gasteiger partial charge in [0.05, 0.1) is 5.56 Å². The summed E-state index contributed by atoms with van der Waals surface area (Å²) in [6.07, 6.45) is 0. The molecule has 1 aromatic carbocycles. The van der Waals surface area contributed by atoms with E-state index in [-0.39, 0.29) is 18.0 Å². The van der Waals surface area contributed by atoms with Crippen molar-refractivity contribution in [3.8, 4) is 0 Å². The first kappa shape index (κ1) is 16.5. The predicted molar refractivity (Wildman–Crippen MR) is 76.6 cm³/mol. The van der Waals surface area contributed by atoms with Gasteiger partial charge in [-0.15, -0.1) is 0 Å². The molecule has 1 unspecified atom stereocenters. The average Bonchev–Trinajstić information content (AvgIpc) is 2.42. The van der Waals surface area contributed by atoms with Crippen molar-refractivity contribution in [1.29, 1.82) is 0 Å². The fraction of sp³-hybridized carbons (Fsp3) is 0.357. The molecule has 0 saturated carbocycles. The van der Waals surface area contributed by atoms with Crippen molar-refractivity contribution in [3.63, 3.8) is 0 Å². The van der Waals surface area contributed by atoms with Crippen molar-refractivity contribution >= 4 is 17.9 Å². The maximum Gasteiger partial charge on any atom is 0.335 e. The molecule has 0 aliphatic carbocycles. The summed E-state index contributed by atoms with van der Waals surface area (Å²) in [4.78, 5) is 33.6. The Balaban J connectivity index is 2.52. The number of carboxylic acids is 1. The third kappa shape index (κ3) is 5.13. The van der Waals surface area contributed by atoms with Crippen molar-refractivity contribution in [2.24, 2.45) is 11.7 Å². The standard InChI is InChI=1S/C14H19N3O4/c1-8(2)11(12(15)18)17-14(21)16-7-9-3-5-10(6-4-9)13(19)20/h3-6,8,11H,7H2,1-2H3,(H2,15,18)(H,19,20)(H2,16,17,21). The molecule has 0 heterocycles.